The summed E-state index contributed by atoms with van der Waals surface area (Å²) in [5.74, 6) is -1.18. The number of carboxylic acid groups (broad SMARTS) is 1. The number of thiophene rings is 1. The molecule has 2 aliphatic heterocycles. The van der Waals surface area contributed by atoms with Crippen LogP contribution in [0.4, 0.5) is 17.6 Å². The summed E-state index contributed by atoms with van der Waals surface area (Å²) in [5, 5.41) is 9.73. The van der Waals surface area contributed by atoms with Crippen molar-refractivity contribution in [2.45, 2.75) is 44.9 Å². The molecule has 2 aromatic heterocycles. The molecule has 12 heteroatoms. The largest absolute Gasteiger partial charge is 0.481 e. The van der Waals surface area contributed by atoms with Gasteiger partial charge in [-0.3, -0.25) is 14.5 Å². The van der Waals surface area contributed by atoms with Gasteiger partial charge in [0.15, 0.2) is 0 Å². The highest BCUT2D eigenvalue weighted by molar-refractivity contribution is 7.12. The zero-order valence-corrected chi connectivity index (χ0v) is 22.1. The molecular weight excluding hydrogens is 546 g/mol. The standard InChI is InChI=1S/C26H27F4N3O3S.ClH/c27-20-3-1-2-19-18-8-11-32(23(34)15-31-9-6-16(7-10-31)12-24(35)36)14-21(18)33(25(19)20)13-17-4-5-22(37-17)26(28,29)30;/h1-5,16H,6-15H2,(H,35,36);1H. The zero-order valence-electron chi connectivity index (χ0n) is 20.5. The average molecular weight is 574 g/mol. The van der Waals surface area contributed by atoms with Crippen molar-refractivity contribution >= 4 is 46.5 Å². The molecular formula is C26H28ClF4N3O3S. The Morgan fingerprint density at radius 3 is 2.47 bits per heavy atom. The number of hydrogen-bond acceptors (Lipinski definition) is 4. The van der Waals surface area contributed by atoms with E-state index in [0.717, 1.165) is 35.6 Å². The lowest BCUT2D eigenvalue weighted by molar-refractivity contribution is -0.139. The van der Waals surface area contributed by atoms with Crippen molar-refractivity contribution < 1.29 is 32.3 Å². The lowest BCUT2D eigenvalue weighted by Crippen LogP contribution is -2.45. The highest BCUT2D eigenvalue weighted by Crippen LogP contribution is 2.37. The molecule has 0 aliphatic carbocycles. The SMILES string of the molecule is Cl.O=C(O)CC1CCN(CC(=O)N2CCc3c(n(Cc4ccc(C(F)(F)F)s4)c4c(F)cccc34)C2)CC1. The van der Waals surface area contributed by atoms with Gasteiger partial charge in [-0.1, -0.05) is 12.1 Å². The Kier molecular flexibility index (Phi) is 8.39. The van der Waals surface area contributed by atoms with Crippen molar-refractivity contribution in [3.8, 4) is 0 Å². The fourth-order valence-corrected chi connectivity index (χ4v) is 6.36. The maximum absolute atomic E-state index is 15.0. The Morgan fingerprint density at radius 2 is 1.82 bits per heavy atom. The second-order valence-electron chi connectivity index (χ2n) is 9.79. The van der Waals surface area contributed by atoms with Gasteiger partial charge in [-0.05, 0) is 62.0 Å². The van der Waals surface area contributed by atoms with Crippen molar-refractivity contribution in [3.63, 3.8) is 0 Å². The van der Waals surface area contributed by atoms with Crippen LogP contribution in [0, 0.1) is 11.7 Å². The van der Waals surface area contributed by atoms with E-state index < -0.39 is 22.8 Å². The molecule has 1 saturated heterocycles. The molecule has 3 aromatic rings. The average Bonchev–Trinajstić information content (AvgIpc) is 3.44. The van der Waals surface area contributed by atoms with E-state index >= 15 is 0 Å². The van der Waals surface area contributed by atoms with E-state index in [2.05, 4.69) is 0 Å². The van der Waals surface area contributed by atoms with Crippen LogP contribution in [0.2, 0.25) is 0 Å². The smallest absolute Gasteiger partial charge is 0.425 e. The first-order chi connectivity index (χ1) is 17.6. The topological polar surface area (TPSA) is 65.8 Å². The van der Waals surface area contributed by atoms with Crippen LogP contribution >= 0.6 is 23.7 Å². The Hall–Kier alpha value is -2.63. The molecule has 5 rings (SSSR count). The Morgan fingerprint density at radius 1 is 1.08 bits per heavy atom. The van der Waals surface area contributed by atoms with Gasteiger partial charge in [0.25, 0.3) is 0 Å². The predicted molar refractivity (Wildman–Crippen MR) is 138 cm³/mol. The van der Waals surface area contributed by atoms with Crippen LogP contribution in [0.1, 0.15) is 40.3 Å². The number of alkyl halides is 3. The van der Waals surface area contributed by atoms with Crippen LogP contribution in [0.25, 0.3) is 10.9 Å². The van der Waals surface area contributed by atoms with Gasteiger partial charge in [-0.15, -0.1) is 23.7 Å². The maximum atomic E-state index is 15.0. The van der Waals surface area contributed by atoms with Crippen LogP contribution in [-0.2, 0) is 35.3 Å². The fourth-order valence-electron chi connectivity index (χ4n) is 5.50. The number of fused-ring (bicyclic) bond motifs is 3. The number of halogens is 5. The fraction of sp³-hybridized carbons (Fsp3) is 0.462. The van der Waals surface area contributed by atoms with E-state index in [-0.39, 0.29) is 50.3 Å². The van der Waals surface area contributed by atoms with Gasteiger partial charge in [0.1, 0.15) is 10.7 Å². The number of likely N-dealkylation sites (tertiary alicyclic amines) is 1. The first-order valence-electron chi connectivity index (χ1n) is 12.3. The second-order valence-corrected chi connectivity index (χ2v) is 11.0. The Labute approximate surface area is 227 Å². The number of piperidine rings is 1. The summed E-state index contributed by atoms with van der Waals surface area (Å²) in [6.07, 6.45) is -2.28. The summed E-state index contributed by atoms with van der Waals surface area (Å²) in [6.45, 7) is 2.38. The molecule has 6 nitrogen and oxygen atoms in total. The molecule has 0 bridgehead atoms. The molecule has 0 unspecified atom stereocenters. The van der Waals surface area contributed by atoms with Gasteiger partial charge >= 0.3 is 12.1 Å². The first-order valence-corrected chi connectivity index (χ1v) is 13.1. The molecule has 1 N–H and O–H groups in total. The van der Waals surface area contributed by atoms with Gasteiger partial charge in [-0.25, -0.2) is 4.39 Å². The highest BCUT2D eigenvalue weighted by atomic mass is 35.5. The third-order valence-electron chi connectivity index (χ3n) is 7.37. The molecule has 38 heavy (non-hydrogen) atoms. The molecule has 2 aliphatic rings. The van der Waals surface area contributed by atoms with E-state index in [1.54, 1.807) is 15.5 Å². The molecule has 0 radical (unpaired) electrons. The summed E-state index contributed by atoms with van der Waals surface area (Å²) >= 11 is 0.645. The quantitative estimate of drug-likeness (QED) is 0.401. The minimum absolute atomic E-state index is 0. The van der Waals surface area contributed by atoms with Crippen LogP contribution in [-0.4, -0.2) is 57.5 Å². The lowest BCUT2D eigenvalue weighted by Gasteiger charge is -2.34. The van der Waals surface area contributed by atoms with Gasteiger partial charge in [-0.2, -0.15) is 13.2 Å². The predicted octanol–water partition coefficient (Wildman–Crippen LogP) is 5.40. The summed E-state index contributed by atoms with van der Waals surface area (Å²) in [7, 11) is 0. The Balaban J connectivity index is 0.00000336. The number of para-hydroxylation sites is 1. The molecule has 0 spiro atoms. The first kappa shape index (κ1) is 28.4. The van der Waals surface area contributed by atoms with Gasteiger partial charge in [0.2, 0.25) is 5.91 Å². The molecule has 1 fully saturated rings. The zero-order chi connectivity index (χ0) is 26.3. The normalized spacial score (nSPS) is 16.9. The van der Waals surface area contributed by atoms with E-state index in [1.807, 2.05) is 11.0 Å². The molecule has 0 atom stereocenters. The summed E-state index contributed by atoms with van der Waals surface area (Å²) < 4.78 is 56.2. The number of carbonyl (C=O) groups excluding carboxylic acids is 1. The maximum Gasteiger partial charge on any atom is 0.425 e. The minimum Gasteiger partial charge on any atom is -0.481 e. The van der Waals surface area contributed by atoms with Crippen molar-refractivity contribution in [2.24, 2.45) is 5.92 Å². The number of hydrogen-bond donors (Lipinski definition) is 1. The monoisotopic (exact) mass is 573 g/mol. The van der Waals surface area contributed by atoms with Crippen molar-refractivity contribution in [2.75, 3.05) is 26.2 Å². The van der Waals surface area contributed by atoms with Gasteiger partial charge < -0.3 is 14.6 Å². The second kappa shape index (κ2) is 11.2. The summed E-state index contributed by atoms with van der Waals surface area (Å²) in [5.41, 5.74) is 2.03. The number of amides is 1. The van der Waals surface area contributed by atoms with E-state index in [1.165, 1.54) is 12.1 Å². The molecule has 4 heterocycles. The van der Waals surface area contributed by atoms with Crippen LogP contribution in [0.15, 0.2) is 30.3 Å². The van der Waals surface area contributed by atoms with Crippen molar-refractivity contribution in [1.29, 1.82) is 0 Å². The molecule has 0 saturated carbocycles. The number of carbonyl (C=O) groups is 2. The molecule has 206 valence electrons. The Bertz CT molecular complexity index is 1330. The summed E-state index contributed by atoms with van der Waals surface area (Å²) in [4.78, 5) is 27.7. The number of nitrogens with zero attached hydrogens (tertiary/aromatic N) is 3. The van der Waals surface area contributed by atoms with Crippen molar-refractivity contribution in [1.82, 2.24) is 14.4 Å². The summed E-state index contributed by atoms with van der Waals surface area (Å²) in [6, 6.07) is 7.26. The van der Waals surface area contributed by atoms with Crippen molar-refractivity contribution in [3.05, 3.63) is 57.2 Å². The molecule has 1 aromatic carbocycles. The van der Waals surface area contributed by atoms with Crippen LogP contribution < -0.4 is 0 Å². The third kappa shape index (κ3) is 5.84. The van der Waals surface area contributed by atoms with E-state index in [9.17, 15) is 27.2 Å². The highest BCUT2D eigenvalue weighted by Gasteiger charge is 2.33. The number of aromatic nitrogens is 1. The van der Waals surface area contributed by atoms with Gasteiger partial charge in [0.05, 0.1) is 25.2 Å². The lowest BCUT2D eigenvalue weighted by atomic mass is 9.93. The van der Waals surface area contributed by atoms with Crippen LogP contribution in [0.5, 0.6) is 0 Å². The van der Waals surface area contributed by atoms with E-state index in [4.69, 9.17) is 5.11 Å². The number of benzene rings is 1. The molecule has 1 amide bonds. The van der Waals surface area contributed by atoms with Gasteiger partial charge in [0, 0.05) is 28.9 Å². The third-order valence-corrected chi connectivity index (χ3v) is 8.48. The van der Waals surface area contributed by atoms with E-state index in [0.29, 0.717) is 47.8 Å². The number of carboxylic acids is 1. The number of rotatable bonds is 6. The number of aliphatic carboxylic acids is 1. The minimum atomic E-state index is -4.43. The van der Waals surface area contributed by atoms with Crippen LogP contribution in [0.3, 0.4) is 0 Å².